The van der Waals surface area contributed by atoms with E-state index in [4.69, 9.17) is 0 Å². The van der Waals surface area contributed by atoms with Gasteiger partial charge in [0.05, 0.1) is 0 Å². The number of amides is 1. The first kappa shape index (κ1) is 14.8. The molecule has 0 radical (unpaired) electrons. The van der Waals surface area contributed by atoms with Crippen LogP contribution < -0.4 is 5.32 Å². The summed E-state index contributed by atoms with van der Waals surface area (Å²) in [4.78, 5) is 12.2. The number of hydrogen-bond acceptors (Lipinski definition) is 2. The van der Waals surface area contributed by atoms with Crippen molar-refractivity contribution in [1.82, 2.24) is 5.32 Å². The van der Waals surface area contributed by atoms with Gasteiger partial charge in [-0.3, -0.25) is 4.79 Å². The van der Waals surface area contributed by atoms with E-state index in [1.54, 1.807) is 12.1 Å². The molecule has 1 fully saturated rings. The largest absolute Gasteiger partial charge is 0.378 e. The summed E-state index contributed by atoms with van der Waals surface area (Å²) in [6.45, 7) is 2.69. The van der Waals surface area contributed by atoms with Gasteiger partial charge in [-0.2, -0.15) is 0 Å². The zero-order chi connectivity index (χ0) is 15.6. The number of hydrogen-bond donors (Lipinski definition) is 2. The normalized spacial score (nSPS) is 16.8. The van der Waals surface area contributed by atoms with Crippen LogP contribution in [0.3, 0.4) is 0 Å². The van der Waals surface area contributed by atoms with Gasteiger partial charge in [-0.25, -0.2) is 0 Å². The Kier molecular flexibility index (Phi) is 3.99. The van der Waals surface area contributed by atoms with Crippen LogP contribution in [0.15, 0.2) is 54.6 Å². The summed E-state index contributed by atoms with van der Waals surface area (Å²) in [5.41, 5.74) is 3.25. The lowest BCUT2D eigenvalue weighted by Gasteiger charge is -2.20. The summed E-state index contributed by atoms with van der Waals surface area (Å²) in [6, 6.07) is 17.4. The van der Waals surface area contributed by atoms with E-state index in [1.165, 1.54) is 11.1 Å². The first-order valence-corrected chi connectivity index (χ1v) is 7.69. The standard InChI is InChI=1S/C19H21NO2/c1-14-7-5-6-10-16(14)19(11-12-19)13-20-18(22)17(21)15-8-3-2-4-9-15/h2-10,17,21H,11-13H2,1H3,(H,20,22). The van der Waals surface area contributed by atoms with E-state index in [2.05, 4.69) is 24.4 Å². The molecular formula is C19H21NO2. The number of benzene rings is 2. The van der Waals surface area contributed by atoms with Gasteiger partial charge >= 0.3 is 0 Å². The summed E-state index contributed by atoms with van der Waals surface area (Å²) in [6.07, 6.45) is 1.06. The molecule has 114 valence electrons. The third-order valence-electron chi connectivity index (χ3n) is 4.53. The minimum atomic E-state index is -1.10. The van der Waals surface area contributed by atoms with Crippen molar-refractivity contribution < 1.29 is 9.90 Å². The molecule has 2 aromatic rings. The second kappa shape index (κ2) is 5.93. The molecule has 0 spiro atoms. The summed E-state index contributed by atoms with van der Waals surface area (Å²) >= 11 is 0. The van der Waals surface area contributed by atoms with E-state index in [9.17, 15) is 9.90 Å². The minimum absolute atomic E-state index is 0.0530. The van der Waals surface area contributed by atoms with Gasteiger partial charge in [0, 0.05) is 12.0 Å². The first-order valence-electron chi connectivity index (χ1n) is 7.69. The van der Waals surface area contributed by atoms with Crippen LogP contribution in [0, 0.1) is 6.92 Å². The number of aliphatic hydroxyl groups is 1. The molecule has 2 aromatic carbocycles. The van der Waals surface area contributed by atoms with Crippen LogP contribution in [-0.2, 0) is 10.2 Å². The molecule has 1 aliphatic carbocycles. The van der Waals surface area contributed by atoms with Gasteiger partial charge in [0.15, 0.2) is 6.10 Å². The lowest BCUT2D eigenvalue weighted by molar-refractivity contribution is -0.129. The van der Waals surface area contributed by atoms with Crippen LogP contribution in [0.1, 0.15) is 35.6 Å². The van der Waals surface area contributed by atoms with Gasteiger partial charge in [0.2, 0.25) is 0 Å². The average Bonchev–Trinajstić information content (AvgIpc) is 3.34. The molecule has 0 bridgehead atoms. The third kappa shape index (κ3) is 2.90. The smallest absolute Gasteiger partial charge is 0.253 e. The Labute approximate surface area is 131 Å². The molecule has 0 aromatic heterocycles. The fourth-order valence-corrected chi connectivity index (χ4v) is 3.00. The average molecular weight is 295 g/mol. The van der Waals surface area contributed by atoms with Crippen molar-refractivity contribution in [2.24, 2.45) is 0 Å². The Hall–Kier alpha value is -2.13. The van der Waals surface area contributed by atoms with Crippen LogP contribution in [0.5, 0.6) is 0 Å². The van der Waals surface area contributed by atoms with Gasteiger partial charge in [-0.05, 0) is 36.5 Å². The third-order valence-corrected chi connectivity index (χ3v) is 4.53. The monoisotopic (exact) mass is 295 g/mol. The molecule has 0 aliphatic heterocycles. The highest BCUT2D eigenvalue weighted by molar-refractivity contribution is 5.82. The van der Waals surface area contributed by atoms with Crippen LogP contribution >= 0.6 is 0 Å². The molecule has 1 saturated carbocycles. The molecule has 1 amide bonds. The number of aliphatic hydroxyl groups excluding tert-OH is 1. The molecule has 2 N–H and O–H groups in total. The maximum Gasteiger partial charge on any atom is 0.253 e. The summed E-state index contributed by atoms with van der Waals surface area (Å²) in [5.74, 6) is -0.328. The van der Waals surface area contributed by atoms with Crippen LogP contribution in [-0.4, -0.2) is 17.6 Å². The lowest BCUT2D eigenvalue weighted by atomic mass is 9.92. The first-order chi connectivity index (χ1) is 10.6. The predicted molar refractivity (Wildman–Crippen MR) is 86.5 cm³/mol. The quantitative estimate of drug-likeness (QED) is 0.891. The van der Waals surface area contributed by atoms with Crippen molar-refractivity contribution in [3.05, 3.63) is 71.3 Å². The summed E-state index contributed by atoms with van der Waals surface area (Å²) in [5, 5.41) is 13.0. The molecule has 3 heteroatoms. The zero-order valence-electron chi connectivity index (χ0n) is 12.8. The van der Waals surface area contributed by atoms with Gasteiger partial charge in [0.1, 0.15) is 0 Å². The van der Waals surface area contributed by atoms with E-state index >= 15 is 0 Å². The fraction of sp³-hybridized carbons (Fsp3) is 0.316. The Morgan fingerprint density at radius 3 is 2.41 bits per heavy atom. The predicted octanol–water partition coefficient (Wildman–Crippen LogP) is 2.88. The topological polar surface area (TPSA) is 49.3 Å². The van der Waals surface area contributed by atoms with Crippen LogP contribution in [0.2, 0.25) is 0 Å². The zero-order valence-corrected chi connectivity index (χ0v) is 12.8. The van der Waals surface area contributed by atoms with Crippen LogP contribution in [0.25, 0.3) is 0 Å². The molecule has 22 heavy (non-hydrogen) atoms. The number of rotatable bonds is 5. The van der Waals surface area contributed by atoms with E-state index < -0.39 is 6.10 Å². The van der Waals surface area contributed by atoms with Gasteiger partial charge in [0.25, 0.3) is 5.91 Å². The number of nitrogens with one attached hydrogen (secondary N) is 1. The Balaban J connectivity index is 1.65. The molecule has 1 aliphatic rings. The minimum Gasteiger partial charge on any atom is -0.378 e. The highest BCUT2D eigenvalue weighted by atomic mass is 16.3. The molecule has 3 nitrogen and oxygen atoms in total. The van der Waals surface area contributed by atoms with Crippen LogP contribution in [0.4, 0.5) is 0 Å². The van der Waals surface area contributed by atoms with E-state index in [-0.39, 0.29) is 11.3 Å². The molecular weight excluding hydrogens is 274 g/mol. The van der Waals surface area contributed by atoms with Crippen molar-refractivity contribution in [2.45, 2.75) is 31.3 Å². The number of carbonyl (C=O) groups is 1. The second-order valence-corrected chi connectivity index (χ2v) is 6.13. The van der Waals surface area contributed by atoms with Gasteiger partial charge in [-0.15, -0.1) is 0 Å². The lowest BCUT2D eigenvalue weighted by Crippen LogP contribution is -2.35. The molecule has 1 atom stereocenters. The van der Waals surface area contributed by atoms with E-state index in [1.807, 2.05) is 30.3 Å². The molecule has 0 saturated heterocycles. The van der Waals surface area contributed by atoms with Crippen molar-refractivity contribution >= 4 is 5.91 Å². The summed E-state index contributed by atoms with van der Waals surface area (Å²) < 4.78 is 0. The fourth-order valence-electron chi connectivity index (χ4n) is 3.00. The highest BCUT2D eigenvalue weighted by Crippen LogP contribution is 2.48. The van der Waals surface area contributed by atoms with Crippen molar-refractivity contribution in [2.75, 3.05) is 6.54 Å². The second-order valence-electron chi connectivity index (χ2n) is 6.13. The Morgan fingerprint density at radius 2 is 1.77 bits per heavy atom. The van der Waals surface area contributed by atoms with Gasteiger partial charge in [-0.1, -0.05) is 54.6 Å². The summed E-state index contributed by atoms with van der Waals surface area (Å²) in [7, 11) is 0. The van der Waals surface area contributed by atoms with Crippen molar-refractivity contribution in [3.8, 4) is 0 Å². The number of carbonyl (C=O) groups excluding carboxylic acids is 1. The molecule has 0 heterocycles. The SMILES string of the molecule is Cc1ccccc1C1(CNC(=O)C(O)c2ccccc2)CC1. The van der Waals surface area contributed by atoms with E-state index in [0.29, 0.717) is 12.1 Å². The Morgan fingerprint density at radius 1 is 1.14 bits per heavy atom. The highest BCUT2D eigenvalue weighted by Gasteiger charge is 2.45. The van der Waals surface area contributed by atoms with Crippen molar-refractivity contribution in [3.63, 3.8) is 0 Å². The molecule has 3 rings (SSSR count). The van der Waals surface area contributed by atoms with E-state index in [0.717, 1.165) is 12.8 Å². The Bertz CT molecular complexity index is 662. The maximum absolute atomic E-state index is 12.2. The number of aryl methyl sites for hydroxylation is 1. The van der Waals surface area contributed by atoms with Gasteiger partial charge < -0.3 is 10.4 Å². The maximum atomic E-state index is 12.2. The van der Waals surface area contributed by atoms with Crippen molar-refractivity contribution in [1.29, 1.82) is 0 Å². The molecule has 1 unspecified atom stereocenters.